The summed E-state index contributed by atoms with van der Waals surface area (Å²) < 4.78 is 5.79. The predicted molar refractivity (Wildman–Crippen MR) is 136 cm³/mol. The van der Waals surface area contributed by atoms with Crippen LogP contribution in [0.3, 0.4) is 0 Å². The summed E-state index contributed by atoms with van der Waals surface area (Å²) >= 11 is 6.27. The first-order valence-corrected chi connectivity index (χ1v) is 12.1. The van der Waals surface area contributed by atoms with Crippen molar-refractivity contribution in [2.24, 2.45) is 0 Å². The summed E-state index contributed by atoms with van der Waals surface area (Å²) in [5.74, 6) is 0.238. The third kappa shape index (κ3) is 6.61. The summed E-state index contributed by atoms with van der Waals surface area (Å²) in [6.45, 7) is 0.562. The fourth-order valence-corrected chi connectivity index (χ4v) is 4.33. The number of hydrogen-bond acceptors (Lipinski definition) is 3. The number of benzene rings is 3. The average molecular weight is 477 g/mol. The molecule has 0 atom stereocenters. The van der Waals surface area contributed by atoms with Gasteiger partial charge in [-0.15, -0.1) is 0 Å². The van der Waals surface area contributed by atoms with Crippen molar-refractivity contribution >= 4 is 29.1 Å². The van der Waals surface area contributed by atoms with Crippen LogP contribution in [0.25, 0.3) is 0 Å². The second kappa shape index (κ2) is 11.7. The summed E-state index contributed by atoms with van der Waals surface area (Å²) in [5.41, 5.74) is 2.60. The summed E-state index contributed by atoms with van der Waals surface area (Å²) in [4.78, 5) is 25.5. The molecular formula is C28H29ClN2O3. The van der Waals surface area contributed by atoms with E-state index in [4.69, 9.17) is 16.3 Å². The highest BCUT2D eigenvalue weighted by molar-refractivity contribution is 6.34. The number of amides is 2. The maximum Gasteiger partial charge on any atom is 0.255 e. The minimum absolute atomic E-state index is 0.184. The number of carbonyl (C=O) groups is 2. The highest BCUT2D eigenvalue weighted by Crippen LogP contribution is 2.23. The van der Waals surface area contributed by atoms with Crippen molar-refractivity contribution < 1.29 is 14.3 Å². The zero-order chi connectivity index (χ0) is 23.8. The maximum atomic E-state index is 12.7. The van der Waals surface area contributed by atoms with E-state index in [1.165, 1.54) is 12.0 Å². The predicted octanol–water partition coefficient (Wildman–Crippen LogP) is 6.28. The van der Waals surface area contributed by atoms with Crippen molar-refractivity contribution in [1.82, 2.24) is 5.32 Å². The Hall–Kier alpha value is -3.31. The molecule has 0 radical (unpaired) electrons. The fraction of sp³-hybridized carbons (Fsp3) is 0.286. The third-order valence-electron chi connectivity index (χ3n) is 6.03. The van der Waals surface area contributed by atoms with Gasteiger partial charge in [0.2, 0.25) is 0 Å². The molecule has 0 unspecified atom stereocenters. The van der Waals surface area contributed by atoms with E-state index in [2.05, 4.69) is 22.8 Å². The first-order valence-electron chi connectivity index (χ1n) is 11.8. The van der Waals surface area contributed by atoms with Gasteiger partial charge >= 0.3 is 0 Å². The lowest BCUT2D eigenvalue weighted by atomic mass is 9.95. The Morgan fingerprint density at radius 1 is 0.882 bits per heavy atom. The Bertz CT molecular complexity index is 1110. The molecule has 176 valence electrons. The van der Waals surface area contributed by atoms with E-state index in [0.29, 0.717) is 34.2 Å². The van der Waals surface area contributed by atoms with Crippen LogP contribution in [0.4, 0.5) is 5.69 Å². The second-order valence-electron chi connectivity index (χ2n) is 8.57. The van der Waals surface area contributed by atoms with Crippen molar-refractivity contribution in [3.8, 4) is 5.75 Å². The molecular weight excluding hydrogens is 448 g/mol. The molecule has 1 aliphatic rings. The van der Waals surface area contributed by atoms with Crippen LogP contribution >= 0.6 is 11.6 Å². The SMILES string of the molecule is O=C(Nc1ccc(Cl)c(C(=O)NC2CCCCC2)c1)c1ccc(OCCc2ccccc2)cc1. The Balaban J connectivity index is 1.32. The molecule has 0 heterocycles. The van der Waals surface area contributed by atoms with Crippen molar-refractivity contribution in [3.63, 3.8) is 0 Å². The van der Waals surface area contributed by atoms with Gasteiger partial charge in [0.1, 0.15) is 5.75 Å². The van der Waals surface area contributed by atoms with Crippen LogP contribution in [0, 0.1) is 0 Å². The number of anilines is 1. The molecule has 1 fully saturated rings. The van der Waals surface area contributed by atoms with E-state index in [0.717, 1.165) is 32.1 Å². The maximum absolute atomic E-state index is 12.7. The minimum Gasteiger partial charge on any atom is -0.493 e. The van der Waals surface area contributed by atoms with E-state index < -0.39 is 0 Å². The standard InChI is InChI=1S/C28H29ClN2O3/c29-26-16-13-23(19-25(26)28(33)30-22-9-5-2-6-10-22)31-27(32)21-11-14-24(15-12-21)34-18-17-20-7-3-1-4-8-20/h1,3-4,7-8,11-16,19,22H,2,5-6,9-10,17-18H2,(H,30,33)(H,31,32). The Morgan fingerprint density at radius 2 is 1.62 bits per heavy atom. The van der Waals surface area contributed by atoms with Crippen LogP contribution in [0.15, 0.2) is 72.8 Å². The molecule has 6 heteroatoms. The van der Waals surface area contributed by atoms with E-state index >= 15 is 0 Å². The second-order valence-corrected chi connectivity index (χ2v) is 8.97. The van der Waals surface area contributed by atoms with Crippen molar-refractivity contribution in [1.29, 1.82) is 0 Å². The molecule has 0 spiro atoms. The third-order valence-corrected chi connectivity index (χ3v) is 6.36. The number of halogens is 1. The number of rotatable bonds is 8. The Morgan fingerprint density at radius 3 is 2.35 bits per heavy atom. The molecule has 4 rings (SSSR count). The van der Waals surface area contributed by atoms with Gasteiger partial charge in [-0.25, -0.2) is 0 Å². The van der Waals surface area contributed by atoms with Crippen LogP contribution in [-0.4, -0.2) is 24.5 Å². The molecule has 2 N–H and O–H groups in total. The topological polar surface area (TPSA) is 67.4 Å². The van der Waals surface area contributed by atoms with E-state index in [9.17, 15) is 9.59 Å². The monoisotopic (exact) mass is 476 g/mol. The van der Waals surface area contributed by atoms with E-state index in [1.54, 1.807) is 42.5 Å². The first-order chi connectivity index (χ1) is 16.6. The average Bonchev–Trinajstić information content (AvgIpc) is 2.87. The van der Waals surface area contributed by atoms with Crippen molar-refractivity contribution in [3.05, 3.63) is 94.5 Å². The normalized spacial score (nSPS) is 13.8. The van der Waals surface area contributed by atoms with Gasteiger partial charge in [0.05, 0.1) is 17.2 Å². The lowest BCUT2D eigenvalue weighted by Gasteiger charge is -2.23. The van der Waals surface area contributed by atoms with Gasteiger partial charge in [0, 0.05) is 23.7 Å². The summed E-state index contributed by atoms with van der Waals surface area (Å²) in [5, 5.41) is 6.29. The van der Waals surface area contributed by atoms with Crippen molar-refractivity contribution in [2.75, 3.05) is 11.9 Å². The lowest BCUT2D eigenvalue weighted by Crippen LogP contribution is -2.36. The molecule has 0 aromatic heterocycles. The van der Waals surface area contributed by atoms with Gasteiger partial charge < -0.3 is 15.4 Å². The van der Waals surface area contributed by atoms with E-state index in [-0.39, 0.29) is 17.9 Å². The van der Waals surface area contributed by atoms with E-state index in [1.807, 2.05) is 18.2 Å². The first kappa shape index (κ1) is 23.8. The van der Waals surface area contributed by atoms with Crippen LogP contribution in [0.1, 0.15) is 58.4 Å². The molecule has 0 saturated heterocycles. The summed E-state index contributed by atoms with van der Waals surface area (Å²) in [7, 11) is 0. The Labute approximate surface area is 205 Å². The van der Waals surface area contributed by atoms with Gasteiger partial charge in [-0.3, -0.25) is 9.59 Å². The van der Waals surface area contributed by atoms with Crippen LogP contribution in [0.2, 0.25) is 5.02 Å². The molecule has 0 bridgehead atoms. The molecule has 1 saturated carbocycles. The number of hydrogen-bond donors (Lipinski definition) is 2. The van der Waals surface area contributed by atoms with Crippen LogP contribution in [-0.2, 0) is 6.42 Å². The number of carbonyl (C=O) groups excluding carboxylic acids is 2. The van der Waals surface area contributed by atoms with Gasteiger partial charge in [-0.05, 0) is 60.9 Å². The molecule has 0 aliphatic heterocycles. The zero-order valence-electron chi connectivity index (χ0n) is 19.1. The zero-order valence-corrected chi connectivity index (χ0v) is 19.8. The molecule has 5 nitrogen and oxygen atoms in total. The minimum atomic E-state index is -0.267. The van der Waals surface area contributed by atoms with Crippen LogP contribution in [0.5, 0.6) is 5.75 Å². The number of ether oxygens (including phenoxy) is 1. The van der Waals surface area contributed by atoms with Gasteiger partial charge in [0.15, 0.2) is 0 Å². The smallest absolute Gasteiger partial charge is 0.255 e. The summed E-state index contributed by atoms with van der Waals surface area (Å²) in [6, 6.07) is 22.3. The molecule has 34 heavy (non-hydrogen) atoms. The van der Waals surface area contributed by atoms with Crippen molar-refractivity contribution in [2.45, 2.75) is 44.6 Å². The van der Waals surface area contributed by atoms with Gasteiger partial charge in [-0.2, -0.15) is 0 Å². The highest BCUT2D eigenvalue weighted by Gasteiger charge is 2.19. The molecule has 3 aromatic rings. The van der Waals surface area contributed by atoms with Crippen LogP contribution < -0.4 is 15.4 Å². The highest BCUT2D eigenvalue weighted by atomic mass is 35.5. The quantitative estimate of drug-likeness (QED) is 0.402. The molecule has 2 amide bonds. The molecule has 3 aromatic carbocycles. The Kier molecular flexibility index (Phi) is 8.21. The fourth-order valence-electron chi connectivity index (χ4n) is 4.12. The lowest BCUT2D eigenvalue weighted by molar-refractivity contribution is 0.0926. The number of nitrogens with one attached hydrogen (secondary N) is 2. The van der Waals surface area contributed by atoms with Gasteiger partial charge in [-0.1, -0.05) is 61.2 Å². The van der Waals surface area contributed by atoms with Gasteiger partial charge in [0.25, 0.3) is 11.8 Å². The summed E-state index contributed by atoms with van der Waals surface area (Å²) in [6.07, 6.45) is 6.28. The molecule has 1 aliphatic carbocycles. The largest absolute Gasteiger partial charge is 0.493 e.